The van der Waals surface area contributed by atoms with Gasteiger partial charge < -0.3 is 15.7 Å². The number of nitrogens with one attached hydrogen (secondary N) is 2. The van der Waals surface area contributed by atoms with Crippen LogP contribution in [-0.2, 0) is 15.2 Å². The van der Waals surface area contributed by atoms with Crippen LogP contribution in [0.2, 0.25) is 0 Å². The maximum Gasteiger partial charge on any atom is 0.242 e. The Labute approximate surface area is 132 Å². The van der Waals surface area contributed by atoms with Crippen LogP contribution in [-0.4, -0.2) is 29.0 Å². The van der Waals surface area contributed by atoms with Gasteiger partial charge in [-0.1, -0.05) is 37.3 Å². The molecule has 0 aromatic heterocycles. The average Bonchev–Trinajstić information content (AvgIpc) is 2.47. The number of hydrogen-bond donors (Lipinski definition) is 3. The van der Waals surface area contributed by atoms with Crippen LogP contribution in [0.3, 0.4) is 0 Å². The first-order chi connectivity index (χ1) is 10.3. The fourth-order valence-electron chi connectivity index (χ4n) is 2.04. The van der Waals surface area contributed by atoms with Crippen LogP contribution < -0.4 is 10.6 Å². The third kappa shape index (κ3) is 5.48. The first-order valence-electron chi connectivity index (χ1n) is 7.64. The Morgan fingerprint density at radius 3 is 2.32 bits per heavy atom. The summed E-state index contributed by atoms with van der Waals surface area (Å²) in [4.78, 5) is 23.9. The molecule has 1 aromatic carbocycles. The minimum Gasteiger partial charge on any atom is -0.385 e. The summed E-state index contributed by atoms with van der Waals surface area (Å²) in [7, 11) is 0. The summed E-state index contributed by atoms with van der Waals surface area (Å²) in [5, 5.41) is 15.9. The van der Waals surface area contributed by atoms with E-state index < -0.39 is 11.6 Å². The molecular weight excluding hydrogens is 280 g/mol. The van der Waals surface area contributed by atoms with Gasteiger partial charge in [-0.3, -0.25) is 9.59 Å². The smallest absolute Gasteiger partial charge is 0.242 e. The van der Waals surface area contributed by atoms with Crippen molar-refractivity contribution in [3.63, 3.8) is 0 Å². The van der Waals surface area contributed by atoms with Gasteiger partial charge in [-0.25, -0.2) is 0 Å². The van der Waals surface area contributed by atoms with E-state index in [1.807, 2.05) is 32.0 Å². The summed E-state index contributed by atoms with van der Waals surface area (Å²) >= 11 is 0. The Hall–Kier alpha value is -1.88. The molecule has 0 aliphatic carbocycles. The highest BCUT2D eigenvalue weighted by molar-refractivity contribution is 5.87. The molecule has 1 aromatic rings. The highest BCUT2D eigenvalue weighted by Crippen LogP contribution is 2.23. The highest BCUT2D eigenvalue weighted by Gasteiger charge is 2.28. The molecule has 0 aliphatic heterocycles. The number of benzene rings is 1. The summed E-state index contributed by atoms with van der Waals surface area (Å²) in [5.41, 5.74) is -0.597. The zero-order chi connectivity index (χ0) is 16.8. The van der Waals surface area contributed by atoms with E-state index in [1.54, 1.807) is 26.0 Å². The van der Waals surface area contributed by atoms with Crippen molar-refractivity contribution in [2.45, 2.75) is 58.2 Å². The number of amides is 2. The second-order valence-corrected chi connectivity index (χ2v) is 5.92. The summed E-state index contributed by atoms with van der Waals surface area (Å²) in [5.74, 6) is -0.581. The number of carbonyl (C=O) groups excluding carboxylic acids is 2. The molecule has 0 saturated carbocycles. The van der Waals surface area contributed by atoms with Crippen LogP contribution in [0.25, 0.3) is 0 Å². The van der Waals surface area contributed by atoms with Crippen LogP contribution in [0.5, 0.6) is 0 Å². The molecule has 22 heavy (non-hydrogen) atoms. The zero-order valence-electron chi connectivity index (χ0n) is 13.7. The number of carbonyl (C=O) groups is 2. The van der Waals surface area contributed by atoms with Crippen molar-refractivity contribution < 1.29 is 14.7 Å². The lowest BCUT2D eigenvalue weighted by Gasteiger charge is -2.24. The van der Waals surface area contributed by atoms with E-state index in [2.05, 4.69) is 10.6 Å². The maximum atomic E-state index is 12.1. The van der Waals surface area contributed by atoms with Gasteiger partial charge in [0.05, 0.1) is 12.0 Å². The topological polar surface area (TPSA) is 78.4 Å². The van der Waals surface area contributed by atoms with Gasteiger partial charge in [0.1, 0.15) is 6.04 Å². The van der Waals surface area contributed by atoms with Gasteiger partial charge >= 0.3 is 0 Å². The minimum absolute atomic E-state index is 0.0688. The molecule has 0 spiro atoms. The van der Waals surface area contributed by atoms with Crippen molar-refractivity contribution in [3.05, 3.63) is 35.9 Å². The molecule has 2 amide bonds. The van der Waals surface area contributed by atoms with Crippen LogP contribution in [0.15, 0.2) is 30.3 Å². The van der Waals surface area contributed by atoms with Gasteiger partial charge in [-0.15, -0.1) is 0 Å². The third-order valence-corrected chi connectivity index (χ3v) is 3.67. The normalized spacial score (nSPS) is 16.2. The predicted molar refractivity (Wildman–Crippen MR) is 86.1 cm³/mol. The van der Waals surface area contributed by atoms with Crippen molar-refractivity contribution >= 4 is 11.8 Å². The molecule has 0 saturated heterocycles. The second kappa shape index (κ2) is 7.94. The van der Waals surface area contributed by atoms with Gasteiger partial charge in [-0.2, -0.15) is 0 Å². The van der Waals surface area contributed by atoms with Crippen LogP contribution in [0, 0.1) is 0 Å². The van der Waals surface area contributed by atoms with Gasteiger partial charge in [0.2, 0.25) is 11.8 Å². The monoisotopic (exact) mass is 306 g/mol. The molecule has 5 heteroatoms. The molecule has 0 bridgehead atoms. The lowest BCUT2D eigenvalue weighted by molar-refractivity contribution is -0.131. The molecule has 3 unspecified atom stereocenters. The second-order valence-electron chi connectivity index (χ2n) is 5.92. The van der Waals surface area contributed by atoms with Gasteiger partial charge in [0.25, 0.3) is 0 Å². The minimum atomic E-state index is -1.27. The van der Waals surface area contributed by atoms with E-state index in [0.717, 1.165) is 6.42 Å². The van der Waals surface area contributed by atoms with E-state index >= 15 is 0 Å². The van der Waals surface area contributed by atoms with E-state index in [0.29, 0.717) is 5.56 Å². The van der Waals surface area contributed by atoms with Gasteiger partial charge in [0, 0.05) is 6.04 Å². The molecule has 0 radical (unpaired) electrons. The van der Waals surface area contributed by atoms with Crippen molar-refractivity contribution in [3.8, 4) is 0 Å². The molecule has 0 aliphatic rings. The summed E-state index contributed by atoms with van der Waals surface area (Å²) in [6.45, 7) is 7.11. The molecule has 5 nitrogen and oxygen atoms in total. The van der Waals surface area contributed by atoms with E-state index in [9.17, 15) is 14.7 Å². The van der Waals surface area contributed by atoms with E-state index in [1.165, 1.54) is 0 Å². The Morgan fingerprint density at radius 1 is 1.18 bits per heavy atom. The van der Waals surface area contributed by atoms with Crippen LogP contribution in [0.4, 0.5) is 0 Å². The maximum absolute atomic E-state index is 12.1. The average molecular weight is 306 g/mol. The van der Waals surface area contributed by atoms with Crippen molar-refractivity contribution in [2.24, 2.45) is 0 Å². The summed E-state index contributed by atoms with van der Waals surface area (Å²) < 4.78 is 0. The number of hydrogen-bond acceptors (Lipinski definition) is 3. The fraction of sp³-hybridized carbons (Fsp3) is 0.529. The van der Waals surface area contributed by atoms with Crippen molar-refractivity contribution in [2.75, 3.05) is 0 Å². The van der Waals surface area contributed by atoms with Crippen LogP contribution in [0.1, 0.15) is 46.1 Å². The molecule has 122 valence electrons. The first kappa shape index (κ1) is 18.2. The molecular formula is C17H26N2O3. The molecule has 0 heterocycles. The summed E-state index contributed by atoms with van der Waals surface area (Å²) in [6, 6.07) is 8.44. The van der Waals surface area contributed by atoms with Gasteiger partial charge in [0.15, 0.2) is 0 Å². The van der Waals surface area contributed by atoms with Crippen molar-refractivity contribution in [1.29, 1.82) is 0 Å². The zero-order valence-corrected chi connectivity index (χ0v) is 13.7. The predicted octanol–water partition coefficient (Wildman–Crippen LogP) is 1.70. The van der Waals surface area contributed by atoms with Crippen molar-refractivity contribution in [1.82, 2.24) is 10.6 Å². The van der Waals surface area contributed by atoms with E-state index in [4.69, 9.17) is 0 Å². The molecule has 3 atom stereocenters. The Morgan fingerprint density at radius 2 is 1.77 bits per heavy atom. The lowest BCUT2D eigenvalue weighted by Crippen LogP contribution is -2.48. The fourth-order valence-corrected chi connectivity index (χ4v) is 2.04. The van der Waals surface area contributed by atoms with Crippen LogP contribution >= 0.6 is 0 Å². The molecule has 0 fully saturated rings. The molecule has 1 rings (SSSR count). The third-order valence-electron chi connectivity index (χ3n) is 3.67. The lowest BCUT2D eigenvalue weighted by atomic mass is 9.92. The van der Waals surface area contributed by atoms with Gasteiger partial charge in [-0.05, 0) is 32.8 Å². The number of rotatable bonds is 7. The summed E-state index contributed by atoms with van der Waals surface area (Å²) in [6.07, 6.45) is 0.729. The number of aliphatic hydroxyl groups is 1. The highest BCUT2D eigenvalue weighted by atomic mass is 16.3. The first-order valence-corrected chi connectivity index (χ1v) is 7.64. The Bertz CT molecular complexity index is 500. The standard InChI is InChI=1S/C17H26N2O3/c1-5-12(2)18-16(21)13(3)19-15(20)11-17(4,22)14-9-7-6-8-10-14/h6-10,12-13,22H,5,11H2,1-4H3,(H,18,21)(H,19,20). The quantitative estimate of drug-likeness (QED) is 0.717. The largest absolute Gasteiger partial charge is 0.385 e. The Kier molecular flexibility index (Phi) is 6.56. The van der Waals surface area contributed by atoms with E-state index in [-0.39, 0.29) is 24.3 Å². The Balaban J connectivity index is 2.57. The molecule has 3 N–H and O–H groups in total. The SMILES string of the molecule is CCC(C)NC(=O)C(C)NC(=O)CC(C)(O)c1ccccc1.